The molecule has 2 aliphatic heterocycles. The summed E-state index contributed by atoms with van der Waals surface area (Å²) in [5.41, 5.74) is 0. The molecule has 2 heterocycles. The fourth-order valence-corrected chi connectivity index (χ4v) is 3.20. The van der Waals surface area contributed by atoms with Crippen LogP contribution < -0.4 is 5.32 Å². The van der Waals surface area contributed by atoms with Gasteiger partial charge in [-0.15, -0.1) is 0 Å². The van der Waals surface area contributed by atoms with Crippen molar-refractivity contribution < 1.29 is 14.7 Å². The van der Waals surface area contributed by atoms with Gasteiger partial charge in [0.1, 0.15) is 6.04 Å². The van der Waals surface area contributed by atoms with Gasteiger partial charge < -0.3 is 15.3 Å². The number of carbonyl (C=O) groups is 2. The van der Waals surface area contributed by atoms with Crippen molar-refractivity contribution in [2.45, 2.75) is 51.7 Å². The second-order valence-electron chi connectivity index (χ2n) is 6.30. The highest BCUT2D eigenvalue weighted by Gasteiger charge is 2.37. The molecule has 0 aromatic rings. The van der Waals surface area contributed by atoms with Crippen LogP contribution in [0.25, 0.3) is 0 Å². The minimum Gasteiger partial charge on any atom is -0.480 e. The number of nitrogens with one attached hydrogen (secondary N) is 1. The lowest BCUT2D eigenvalue weighted by atomic mass is 10.0. The quantitative estimate of drug-likeness (QED) is 0.809. The molecule has 6 nitrogen and oxygen atoms in total. The van der Waals surface area contributed by atoms with Crippen molar-refractivity contribution in [3.63, 3.8) is 0 Å². The van der Waals surface area contributed by atoms with E-state index in [4.69, 9.17) is 5.11 Å². The third-order valence-corrected chi connectivity index (χ3v) is 4.41. The average Bonchev–Trinajstić information content (AvgIpc) is 2.80. The van der Waals surface area contributed by atoms with Crippen molar-refractivity contribution in [1.82, 2.24) is 15.1 Å². The Morgan fingerprint density at radius 1 is 1.30 bits per heavy atom. The molecule has 2 unspecified atom stereocenters. The molecule has 6 heteroatoms. The third-order valence-electron chi connectivity index (χ3n) is 4.41. The van der Waals surface area contributed by atoms with E-state index < -0.39 is 12.0 Å². The Balaban J connectivity index is 1.99. The molecule has 2 rings (SSSR count). The normalized spacial score (nSPS) is 28.3. The zero-order chi connectivity index (χ0) is 14.9. The van der Waals surface area contributed by atoms with E-state index in [2.05, 4.69) is 10.2 Å². The van der Waals surface area contributed by atoms with Gasteiger partial charge in [-0.1, -0.05) is 13.8 Å². The summed E-state index contributed by atoms with van der Waals surface area (Å²) in [5, 5.41) is 11.8. The monoisotopic (exact) mass is 283 g/mol. The van der Waals surface area contributed by atoms with Gasteiger partial charge in [0.05, 0.1) is 0 Å². The molecular formula is C14H25N3O3. The maximum absolute atomic E-state index is 12.3. The Morgan fingerprint density at radius 2 is 2.00 bits per heavy atom. The summed E-state index contributed by atoms with van der Waals surface area (Å²) >= 11 is 0. The minimum absolute atomic E-state index is 0.125. The van der Waals surface area contributed by atoms with Crippen LogP contribution in [0.1, 0.15) is 33.6 Å². The van der Waals surface area contributed by atoms with Crippen molar-refractivity contribution in [1.29, 1.82) is 0 Å². The summed E-state index contributed by atoms with van der Waals surface area (Å²) in [5.74, 6) is -1.10. The first-order valence-corrected chi connectivity index (χ1v) is 7.44. The van der Waals surface area contributed by atoms with Crippen LogP contribution in [0.5, 0.6) is 0 Å². The standard InChI is InChI=1S/C14H25N3O3/c1-9(2)12(13(18)19)15-14(20)17-8-11-5-4-6-16(11)7-10(17)3/h9-12H,4-8H2,1-3H3,(H,15,20)(H,18,19)/t10?,11?,12-/m0/s1. The molecule has 0 saturated carbocycles. The van der Waals surface area contributed by atoms with Crippen molar-refractivity contribution in [3.05, 3.63) is 0 Å². The number of nitrogens with zero attached hydrogens (tertiary/aromatic N) is 2. The SMILES string of the molecule is CC(C)[C@H](NC(=O)N1CC2CCCN2CC1C)C(=O)O. The van der Waals surface area contributed by atoms with Gasteiger partial charge in [0.25, 0.3) is 0 Å². The zero-order valence-corrected chi connectivity index (χ0v) is 12.5. The van der Waals surface area contributed by atoms with Crippen LogP contribution in [0.15, 0.2) is 0 Å². The molecule has 0 spiro atoms. The van der Waals surface area contributed by atoms with Crippen molar-refractivity contribution in [3.8, 4) is 0 Å². The van der Waals surface area contributed by atoms with Crippen molar-refractivity contribution in [2.75, 3.05) is 19.6 Å². The number of urea groups is 1. The lowest BCUT2D eigenvalue weighted by Gasteiger charge is -2.42. The number of carboxylic acids is 1. The number of carbonyl (C=O) groups excluding carboxylic acids is 1. The Kier molecular flexibility index (Phi) is 4.52. The van der Waals surface area contributed by atoms with E-state index in [-0.39, 0.29) is 18.0 Å². The zero-order valence-electron chi connectivity index (χ0n) is 12.5. The van der Waals surface area contributed by atoms with Gasteiger partial charge >= 0.3 is 12.0 Å². The van der Waals surface area contributed by atoms with Crippen LogP contribution in [0.2, 0.25) is 0 Å². The Bertz CT molecular complexity index is 386. The van der Waals surface area contributed by atoms with E-state index >= 15 is 0 Å². The fraction of sp³-hybridized carbons (Fsp3) is 0.857. The van der Waals surface area contributed by atoms with E-state index in [1.165, 1.54) is 6.42 Å². The van der Waals surface area contributed by atoms with Gasteiger partial charge in [-0.3, -0.25) is 4.90 Å². The van der Waals surface area contributed by atoms with Crippen LogP contribution in [-0.2, 0) is 4.79 Å². The van der Waals surface area contributed by atoms with Crippen LogP contribution in [-0.4, -0.2) is 64.7 Å². The Morgan fingerprint density at radius 3 is 2.60 bits per heavy atom. The molecule has 2 N–H and O–H groups in total. The van der Waals surface area contributed by atoms with Crippen molar-refractivity contribution in [2.24, 2.45) is 5.92 Å². The number of carboxylic acid groups (broad SMARTS) is 1. The van der Waals surface area contributed by atoms with E-state index in [0.717, 1.165) is 19.5 Å². The number of hydrogen-bond acceptors (Lipinski definition) is 3. The molecule has 0 aliphatic carbocycles. The molecule has 2 amide bonds. The molecule has 2 saturated heterocycles. The van der Waals surface area contributed by atoms with E-state index in [9.17, 15) is 9.59 Å². The Labute approximate surface area is 120 Å². The van der Waals surface area contributed by atoms with Crippen LogP contribution >= 0.6 is 0 Å². The molecule has 0 aromatic carbocycles. The second-order valence-corrected chi connectivity index (χ2v) is 6.30. The average molecular weight is 283 g/mol. The van der Waals surface area contributed by atoms with Gasteiger partial charge in [-0.25, -0.2) is 9.59 Å². The Hall–Kier alpha value is -1.30. The number of amides is 2. The highest BCUT2D eigenvalue weighted by molar-refractivity contribution is 5.83. The largest absolute Gasteiger partial charge is 0.480 e. The second kappa shape index (κ2) is 5.99. The summed E-state index contributed by atoms with van der Waals surface area (Å²) in [7, 11) is 0. The first kappa shape index (κ1) is 15.1. The smallest absolute Gasteiger partial charge is 0.326 e. The van der Waals surface area contributed by atoms with Crippen molar-refractivity contribution >= 4 is 12.0 Å². The van der Waals surface area contributed by atoms with Gasteiger partial charge in [-0.2, -0.15) is 0 Å². The lowest BCUT2D eigenvalue weighted by molar-refractivity contribution is -0.140. The molecule has 2 fully saturated rings. The van der Waals surface area contributed by atoms with E-state index in [0.29, 0.717) is 12.6 Å². The number of hydrogen-bond donors (Lipinski definition) is 2. The minimum atomic E-state index is -0.972. The highest BCUT2D eigenvalue weighted by Crippen LogP contribution is 2.24. The lowest BCUT2D eigenvalue weighted by Crippen LogP contribution is -2.61. The maximum Gasteiger partial charge on any atom is 0.326 e. The molecule has 0 aromatic heterocycles. The molecule has 0 bridgehead atoms. The maximum atomic E-state index is 12.3. The molecule has 20 heavy (non-hydrogen) atoms. The molecule has 2 aliphatic rings. The third kappa shape index (κ3) is 3.06. The fourth-order valence-electron chi connectivity index (χ4n) is 3.20. The summed E-state index contributed by atoms with van der Waals surface area (Å²) in [6.45, 7) is 8.34. The summed E-state index contributed by atoms with van der Waals surface area (Å²) in [4.78, 5) is 27.8. The topological polar surface area (TPSA) is 72.9 Å². The van der Waals surface area contributed by atoms with Gasteiger partial charge in [0.15, 0.2) is 0 Å². The number of rotatable bonds is 3. The van der Waals surface area contributed by atoms with Crippen LogP contribution in [0, 0.1) is 5.92 Å². The van der Waals surface area contributed by atoms with E-state index in [1.54, 1.807) is 18.7 Å². The molecular weight excluding hydrogens is 258 g/mol. The first-order valence-electron chi connectivity index (χ1n) is 7.44. The predicted molar refractivity (Wildman–Crippen MR) is 75.6 cm³/mol. The summed E-state index contributed by atoms with van der Waals surface area (Å²) in [6.07, 6.45) is 2.32. The number of aliphatic carboxylic acids is 1. The van der Waals surface area contributed by atoms with Gasteiger partial charge in [0.2, 0.25) is 0 Å². The van der Waals surface area contributed by atoms with Crippen LogP contribution in [0.4, 0.5) is 4.79 Å². The highest BCUT2D eigenvalue weighted by atomic mass is 16.4. The number of piperazine rings is 1. The first-order chi connectivity index (χ1) is 9.40. The summed E-state index contributed by atoms with van der Waals surface area (Å²) in [6, 6.07) is -0.494. The molecule has 114 valence electrons. The van der Waals surface area contributed by atoms with E-state index in [1.807, 2.05) is 6.92 Å². The van der Waals surface area contributed by atoms with Gasteiger partial charge in [0, 0.05) is 25.2 Å². The van der Waals surface area contributed by atoms with Crippen LogP contribution in [0.3, 0.4) is 0 Å². The summed E-state index contributed by atoms with van der Waals surface area (Å²) < 4.78 is 0. The predicted octanol–water partition coefficient (Wildman–Crippen LogP) is 0.974. The molecule has 0 radical (unpaired) electrons. The molecule has 3 atom stereocenters. The number of fused-ring (bicyclic) bond motifs is 1. The van der Waals surface area contributed by atoms with Gasteiger partial charge in [-0.05, 0) is 32.2 Å².